The lowest BCUT2D eigenvalue weighted by Gasteiger charge is -2.12. The highest BCUT2D eigenvalue weighted by Crippen LogP contribution is 2.33. The maximum Gasteiger partial charge on any atom is 0.141 e. The summed E-state index contributed by atoms with van der Waals surface area (Å²) in [5.41, 5.74) is 3.11. The Morgan fingerprint density at radius 1 is 0.891 bits per heavy atom. The van der Waals surface area contributed by atoms with E-state index in [0.717, 1.165) is 65.6 Å². The fraction of sp³-hybridized carbons (Fsp3) is 0.324. The predicted octanol–water partition coefficient (Wildman–Crippen LogP) is 10.7. The summed E-state index contributed by atoms with van der Waals surface area (Å²) in [5, 5.41) is 4.56. The second-order valence-electron chi connectivity index (χ2n) is 9.83. The molecule has 0 spiro atoms. The number of unbranched alkanes of at least 4 members (excludes halogenated alkanes) is 4. The topological polar surface area (TPSA) is 86.5 Å². The highest BCUT2D eigenvalue weighted by atomic mass is 35.5. The number of aromatic nitrogens is 2. The Kier molecular flexibility index (Phi) is 15.7. The number of nitrogens with one attached hydrogen (secondary N) is 1. The van der Waals surface area contributed by atoms with Crippen molar-refractivity contribution in [3.8, 4) is 17.1 Å². The first-order valence-electron chi connectivity index (χ1n) is 15.9. The van der Waals surface area contributed by atoms with Crippen LogP contribution in [-0.4, -0.2) is 22.9 Å². The van der Waals surface area contributed by atoms with E-state index in [1.165, 1.54) is 18.5 Å². The number of furan rings is 1. The number of anilines is 2. The number of hydrogen-bond donors (Lipinski definition) is 1. The fourth-order valence-corrected chi connectivity index (χ4v) is 4.73. The molecule has 0 bridgehead atoms. The minimum atomic E-state index is -0.311. The number of halogens is 2. The maximum atomic E-state index is 13.5. The summed E-state index contributed by atoms with van der Waals surface area (Å²) in [4.78, 5) is 19.2. The summed E-state index contributed by atoms with van der Waals surface area (Å²) in [5.74, 6) is 2.28. The van der Waals surface area contributed by atoms with Crippen LogP contribution in [-0.2, 0) is 22.7 Å². The van der Waals surface area contributed by atoms with Crippen LogP contribution in [0.4, 0.5) is 15.9 Å². The van der Waals surface area contributed by atoms with E-state index in [2.05, 4.69) is 15.3 Å². The van der Waals surface area contributed by atoms with Crippen molar-refractivity contribution < 1.29 is 23.1 Å². The zero-order valence-electron chi connectivity index (χ0n) is 27.0. The van der Waals surface area contributed by atoms with Gasteiger partial charge in [0, 0.05) is 29.7 Å². The van der Waals surface area contributed by atoms with Gasteiger partial charge in [-0.3, -0.25) is 0 Å². The number of ether oxygens (including phenoxy) is 2. The molecule has 0 radical (unpaired) electrons. The molecule has 244 valence electrons. The molecule has 3 aromatic carbocycles. The van der Waals surface area contributed by atoms with E-state index in [1.807, 2.05) is 64.1 Å². The summed E-state index contributed by atoms with van der Waals surface area (Å²) in [6, 6.07) is 21.3. The summed E-state index contributed by atoms with van der Waals surface area (Å²) >= 11 is 6.49. The number of benzene rings is 3. The van der Waals surface area contributed by atoms with Gasteiger partial charge >= 0.3 is 0 Å². The van der Waals surface area contributed by atoms with E-state index in [0.29, 0.717) is 41.8 Å². The average molecular weight is 648 g/mol. The van der Waals surface area contributed by atoms with Crippen molar-refractivity contribution in [2.75, 3.05) is 11.9 Å². The van der Waals surface area contributed by atoms with Gasteiger partial charge in [0.1, 0.15) is 54.7 Å². The fourth-order valence-electron chi connectivity index (χ4n) is 4.50. The van der Waals surface area contributed by atoms with Gasteiger partial charge in [0.25, 0.3) is 0 Å². The highest BCUT2D eigenvalue weighted by molar-refractivity contribution is 6.32. The molecule has 0 atom stereocenters. The molecule has 1 N–H and O–H groups in total. The molecule has 0 amide bonds. The summed E-state index contributed by atoms with van der Waals surface area (Å²) in [6.07, 6.45) is 7.10. The van der Waals surface area contributed by atoms with Crippen molar-refractivity contribution >= 4 is 40.3 Å². The molecule has 2 heterocycles. The molecule has 5 rings (SSSR count). The van der Waals surface area contributed by atoms with Crippen LogP contribution in [0.1, 0.15) is 71.1 Å². The quantitative estimate of drug-likeness (QED) is 0.0893. The molecule has 0 aliphatic rings. The molecule has 0 saturated carbocycles. The van der Waals surface area contributed by atoms with Crippen molar-refractivity contribution in [2.45, 2.75) is 73.0 Å². The zero-order valence-corrected chi connectivity index (χ0v) is 27.8. The van der Waals surface area contributed by atoms with Crippen molar-refractivity contribution in [1.82, 2.24) is 9.97 Å². The van der Waals surface area contributed by atoms with Crippen LogP contribution in [0.2, 0.25) is 5.02 Å². The number of nitrogens with zero attached hydrogens (tertiary/aromatic N) is 2. The number of rotatable bonds is 15. The van der Waals surface area contributed by atoms with Crippen LogP contribution in [0, 0.1) is 5.82 Å². The third-order valence-corrected chi connectivity index (χ3v) is 6.96. The number of carbonyl (C=O) groups excluding carboxylic acids is 1. The van der Waals surface area contributed by atoms with Crippen molar-refractivity contribution in [3.63, 3.8) is 0 Å². The van der Waals surface area contributed by atoms with Gasteiger partial charge in [-0.05, 0) is 79.1 Å². The summed E-state index contributed by atoms with van der Waals surface area (Å²) in [7, 11) is 0. The summed E-state index contributed by atoms with van der Waals surface area (Å²) in [6.45, 7) is 9.26. The first kappa shape index (κ1) is 36.2. The Balaban J connectivity index is 0.00000139. The van der Waals surface area contributed by atoms with E-state index in [-0.39, 0.29) is 12.4 Å². The van der Waals surface area contributed by atoms with Crippen LogP contribution < -0.4 is 10.1 Å². The first-order valence-corrected chi connectivity index (χ1v) is 16.3. The van der Waals surface area contributed by atoms with Gasteiger partial charge in [-0.2, -0.15) is 0 Å². The standard InChI is InChI=1S/C33H31ClFN3O4.2C2H6/c34-29-19-26(10-13-32(29)41-20-23-7-6-8-25(35)17-23)38-33-28-18-24(9-12-30(28)36-22-37-33)31-14-11-27(42-31)21-40-16-5-3-1-2-4-15-39;2*1-2/h6-15,17-19,22H,1-5,16,20-21H2,(H,36,37,38);2*1-2H3. The molecule has 46 heavy (non-hydrogen) atoms. The van der Waals surface area contributed by atoms with Gasteiger partial charge in [-0.15, -0.1) is 0 Å². The lowest BCUT2D eigenvalue weighted by atomic mass is 10.1. The number of hydrogen-bond acceptors (Lipinski definition) is 7. The molecule has 9 heteroatoms. The molecule has 0 fully saturated rings. The van der Waals surface area contributed by atoms with E-state index in [9.17, 15) is 9.18 Å². The van der Waals surface area contributed by atoms with Crippen molar-refractivity contribution in [3.05, 3.63) is 101 Å². The predicted molar refractivity (Wildman–Crippen MR) is 184 cm³/mol. The van der Waals surface area contributed by atoms with Crippen LogP contribution in [0.15, 0.2) is 83.5 Å². The SMILES string of the molecule is CC.CC.O=CCCCCCCOCc1ccc(-c2ccc3ncnc(Nc4ccc(OCc5cccc(F)c5)c(Cl)c4)c3c2)o1. The van der Waals surface area contributed by atoms with Gasteiger partial charge in [0.2, 0.25) is 0 Å². The van der Waals surface area contributed by atoms with Gasteiger partial charge in [0.15, 0.2) is 0 Å². The van der Waals surface area contributed by atoms with E-state index < -0.39 is 0 Å². The Hall–Kier alpha value is -4.27. The monoisotopic (exact) mass is 647 g/mol. The average Bonchev–Trinajstić information content (AvgIpc) is 3.56. The van der Waals surface area contributed by atoms with Gasteiger partial charge < -0.3 is 24.0 Å². The lowest BCUT2D eigenvalue weighted by molar-refractivity contribution is -0.107. The van der Waals surface area contributed by atoms with Crippen LogP contribution in [0.25, 0.3) is 22.2 Å². The molecule has 0 aliphatic heterocycles. The van der Waals surface area contributed by atoms with Crippen molar-refractivity contribution in [2.24, 2.45) is 0 Å². The second-order valence-corrected chi connectivity index (χ2v) is 10.2. The van der Waals surface area contributed by atoms with Crippen molar-refractivity contribution in [1.29, 1.82) is 0 Å². The Morgan fingerprint density at radius 3 is 2.50 bits per heavy atom. The lowest BCUT2D eigenvalue weighted by Crippen LogP contribution is -1.99. The minimum Gasteiger partial charge on any atom is -0.487 e. The Morgan fingerprint density at radius 2 is 1.72 bits per heavy atom. The van der Waals surface area contributed by atoms with Crippen LogP contribution in [0.5, 0.6) is 5.75 Å². The van der Waals surface area contributed by atoms with Crippen LogP contribution >= 0.6 is 11.6 Å². The molecular weight excluding hydrogens is 605 g/mol. The largest absolute Gasteiger partial charge is 0.487 e. The Labute approximate surface area is 276 Å². The molecule has 0 aliphatic carbocycles. The molecular formula is C37H43ClFN3O4. The third-order valence-electron chi connectivity index (χ3n) is 6.66. The number of aldehydes is 1. The Bertz CT molecular complexity index is 1640. The molecule has 0 saturated heterocycles. The van der Waals surface area contributed by atoms with E-state index in [1.54, 1.807) is 24.3 Å². The summed E-state index contributed by atoms with van der Waals surface area (Å²) < 4.78 is 31.1. The zero-order chi connectivity index (χ0) is 33.1. The molecule has 7 nitrogen and oxygen atoms in total. The van der Waals surface area contributed by atoms with Gasteiger partial charge in [0.05, 0.1) is 10.5 Å². The van der Waals surface area contributed by atoms with E-state index >= 15 is 0 Å². The number of carbonyl (C=O) groups is 1. The maximum absolute atomic E-state index is 13.5. The van der Waals surface area contributed by atoms with Gasteiger partial charge in [-0.1, -0.05) is 64.3 Å². The third kappa shape index (κ3) is 11.0. The second kappa shape index (κ2) is 20.0. The first-order chi connectivity index (χ1) is 22.6. The smallest absolute Gasteiger partial charge is 0.141 e. The van der Waals surface area contributed by atoms with E-state index in [4.69, 9.17) is 25.5 Å². The number of fused-ring (bicyclic) bond motifs is 1. The molecule has 2 aromatic heterocycles. The van der Waals surface area contributed by atoms with Gasteiger partial charge in [-0.25, -0.2) is 14.4 Å². The molecule has 0 unspecified atom stereocenters. The normalized spacial score (nSPS) is 10.4. The minimum absolute atomic E-state index is 0.202. The molecule has 5 aromatic rings. The van der Waals surface area contributed by atoms with Crippen LogP contribution in [0.3, 0.4) is 0 Å². The highest BCUT2D eigenvalue weighted by Gasteiger charge is 2.11.